The van der Waals surface area contributed by atoms with Crippen molar-refractivity contribution >= 4 is 11.9 Å². The standard InChI is InChI=1S/C61H108O5/c1-3-5-7-9-11-13-15-17-19-21-23-24-25-26-27-28-29-30-31-32-33-34-35-36-38-40-42-44-46-48-50-52-54-56-61(64)66-59(57-62)58-65-60(63)55-53-51-49-47-45-43-41-39-37-22-20-18-16-14-12-10-8-6-4-2/h5,7,11-14,17-20,23-24,59,62H,3-4,6,8-10,15-16,21-22,25-58H2,1-2H3/b7-5-,13-11-,14-12-,19-17-,20-18-,24-23-. The lowest BCUT2D eigenvalue weighted by Crippen LogP contribution is -2.28. The first-order valence-corrected chi connectivity index (χ1v) is 28.5. The van der Waals surface area contributed by atoms with Gasteiger partial charge in [0.25, 0.3) is 0 Å². The Morgan fingerprint density at radius 1 is 0.364 bits per heavy atom. The summed E-state index contributed by atoms with van der Waals surface area (Å²) in [6.07, 6.45) is 77.4. The van der Waals surface area contributed by atoms with Crippen LogP contribution in [0.2, 0.25) is 0 Å². The van der Waals surface area contributed by atoms with Crippen molar-refractivity contribution in [3.63, 3.8) is 0 Å². The zero-order valence-corrected chi connectivity index (χ0v) is 43.7. The van der Waals surface area contributed by atoms with Crippen LogP contribution in [-0.2, 0) is 19.1 Å². The van der Waals surface area contributed by atoms with Crippen LogP contribution in [0, 0.1) is 0 Å². The van der Waals surface area contributed by atoms with Crippen molar-refractivity contribution in [1.29, 1.82) is 0 Å². The van der Waals surface area contributed by atoms with E-state index in [0.29, 0.717) is 12.8 Å². The van der Waals surface area contributed by atoms with E-state index in [9.17, 15) is 14.7 Å². The van der Waals surface area contributed by atoms with Gasteiger partial charge in [-0.25, -0.2) is 0 Å². The third-order valence-corrected chi connectivity index (χ3v) is 12.5. The minimum absolute atomic E-state index is 0.0668. The number of carbonyl (C=O) groups excluding carboxylic acids is 2. The second-order valence-electron chi connectivity index (χ2n) is 19.0. The number of aliphatic hydroxyl groups excluding tert-OH is 1. The summed E-state index contributed by atoms with van der Waals surface area (Å²) >= 11 is 0. The molecule has 1 unspecified atom stereocenters. The normalized spacial score (nSPS) is 12.7. The average molecular weight is 922 g/mol. The summed E-state index contributed by atoms with van der Waals surface area (Å²) in [5, 5.41) is 9.65. The number of aliphatic hydroxyl groups is 1. The van der Waals surface area contributed by atoms with E-state index in [-0.39, 0.29) is 25.2 Å². The van der Waals surface area contributed by atoms with Crippen molar-refractivity contribution in [3.8, 4) is 0 Å². The molecular formula is C61H108O5. The van der Waals surface area contributed by atoms with Crippen molar-refractivity contribution in [2.24, 2.45) is 0 Å². The van der Waals surface area contributed by atoms with E-state index in [0.717, 1.165) is 70.6 Å². The molecule has 1 N–H and O–H groups in total. The van der Waals surface area contributed by atoms with Gasteiger partial charge in [-0.1, -0.05) is 260 Å². The van der Waals surface area contributed by atoms with Gasteiger partial charge in [0.1, 0.15) is 6.61 Å². The molecule has 0 aromatic rings. The lowest BCUT2D eigenvalue weighted by molar-refractivity contribution is -0.161. The van der Waals surface area contributed by atoms with Crippen molar-refractivity contribution in [2.75, 3.05) is 13.2 Å². The van der Waals surface area contributed by atoms with Crippen molar-refractivity contribution in [1.82, 2.24) is 0 Å². The van der Waals surface area contributed by atoms with Crippen LogP contribution in [0.15, 0.2) is 72.9 Å². The molecule has 0 aliphatic rings. The molecule has 5 nitrogen and oxygen atoms in total. The van der Waals surface area contributed by atoms with Crippen molar-refractivity contribution in [3.05, 3.63) is 72.9 Å². The van der Waals surface area contributed by atoms with Crippen LogP contribution in [0.1, 0.15) is 284 Å². The molecule has 1 atom stereocenters. The van der Waals surface area contributed by atoms with Gasteiger partial charge in [-0.2, -0.15) is 0 Å². The zero-order valence-electron chi connectivity index (χ0n) is 43.7. The molecule has 0 heterocycles. The highest BCUT2D eigenvalue weighted by atomic mass is 16.6. The first-order chi connectivity index (χ1) is 32.6. The van der Waals surface area contributed by atoms with Crippen LogP contribution < -0.4 is 0 Å². The van der Waals surface area contributed by atoms with Gasteiger partial charge in [-0.15, -0.1) is 0 Å². The summed E-state index contributed by atoms with van der Waals surface area (Å²) in [4.78, 5) is 24.5. The molecule has 0 saturated heterocycles. The van der Waals surface area contributed by atoms with Gasteiger partial charge < -0.3 is 14.6 Å². The van der Waals surface area contributed by atoms with Crippen LogP contribution in [0.5, 0.6) is 0 Å². The first kappa shape index (κ1) is 63.3. The minimum Gasteiger partial charge on any atom is -0.462 e. The lowest BCUT2D eigenvalue weighted by Gasteiger charge is -2.15. The summed E-state index contributed by atoms with van der Waals surface area (Å²) in [7, 11) is 0. The molecule has 0 rings (SSSR count). The van der Waals surface area contributed by atoms with Crippen LogP contribution >= 0.6 is 0 Å². The largest absolute Gasteiger partial charge is 0.462 e. The van der Waals surface area contributed by atoms with E-state index < -0.39 is 6.10 Å². The van der Waals surface area contributed by atoms with Crippen LogP contribution in [0.3, 0.4) is 0 Å². The van der Waals surface area contributed by atoms with Crippen molar-refractivity contribution in [2.45, 2.75) is 290 Å². The zero-order chi connectivity index (χ0) is 47.7. The number of ether oxygens (including phenoxy) is 2. The summed E-state index contributed by atoms with van der Waals surface area (Å²) in [5.41, 5.74) is 0. The molecule has 0 amide bonds. The number of carbonyl (C=O) groups is 2. The van der Waals surface area contributed by atoms with E-state index in [2.05, 4.69) is 86.8 Å². The molecule has 0 fully saturated rings. The van der Waals surface area contributed by atoms with Crippen LogP contribution in [-0.4, -0.2) is 36.4 Å². The summed E-state index contributed by atoms with van der Waals surface area (Å²) in [6, 6.07) is 0. The maximum atomic E-state index is 12.3. The Morgan fingerprint density at radius 2 is 0.652 bits per heavy atom. The first-order valence-electron chi connectivity index (χ1n) is 28.5. The Kier molecular flexibility index (Phi) is 54.4. The molecule has 382 valence electrons. The highest BCUT2D eigenvalue weighted by Gasteiger charge is 2.16. The quantitative estimate of drug-likeness (QED) is 0.0374. The molecule has 0 aliphatic carbocycles. The van der Waals surface area contributed by atoms with Gasteiger partial charge in [-0.3, -0.25) is 9.59 Å². The fourth-order valence-electron chi connectivity index (χ4n) is 8.23. The maximum Gasteiger partial charge on any atom is 0.306 e. The topological polar surface area (TPSA) is 72.8 Å². The van der Waals surface area contributed by atoms with Crippen LogP contribution in [0.25, 0.3) is 0 Å². The van der Waals surface area contributed by atoms with Crippen LogP contribution in [0.4, 0.5) is 0 Å². The molecule has 5 heteroatoms. The Morgan fingerprint density at radius 3 is 0.985 bits per heavy atom. The molecule has 0 spiro atoms. The fourth-order valence-corrected chi connectivity index (χ4v) is 8.23. The summed E-state index contributed by atoms with van der Waals surface area (Å²) < 4.78 is 10.7. The van der Waals surface area contributed by atoms with Gasteiger partial charge in [-0.05, 0) is 83.5 Å². The molecule has 0 bridgehead atoms. The number of esters is 2. The fraction of sp³-hybridized carbons (Fsp3) is 0.770. The summed E-state index contributed by atoms with van der Waals surface area (Å²) in [6.45, 7) is 4.03. The molecule has 0 aliphatic heterocycles. The van der Waals surface area contributed by atoms with Crippen molar-refractivity contribution < 1.29 is 24.2 Å². The second-order valence-corrected chi connectivity index (χ2v) is 19.0. The van der Waals surface area contributed by atoms with Gasteiger partial charge >= 0.3 is 11.9 Å². The monoisotopic (exact) mass is 921 g/mol. The molecule has 0 saturated carbocycles. The number of hydrogen-bond donors (Lipinski definition) is 1. The van der Waals surface area contributed by atoms with Gasteiger partial charge in [0.2, 0.25) is 0 Å². The number of unbranched alkanes of at least 4 members (excludes halogenated alkanes) is 32. The Hall–Kier alpha value is -2.66. The van der Waals surface area contributed by atoms with Gasteiger partial charge in [0.05, 0.1) is 6.61 Å². The highest BCUT2D eigenvalue weighted by molar-refractivity contribution is 5.70. The average Bonchev–Trinajstić information content (AvgIpc) is 3.32. The molecule has 0 radical (unpaired) electrons. The lowest BCUT2D eigenvalue weighted by atomic mass is 10.0. The Labute approximate surface area is 410 Å². The molecule has 0 aromatic heterocycles. The number of rotatable bonds is 52. The van der Waals surface area contributed by atoms with E-state index >= 15 is 0 Å². The van der Waals surface area contributed by atoms with E-state index in [1.54, 1.807) is 0 Å². The Bertz CT molecular complexity index is 1180. The highest BCUT2D eigenvalue weighted by Crippen LogP contribution is 2.17. The third kappa shape index (κ3) is 54.0. The van der Waals surface area contributed by atoms with Gasteiger partial charge in [0.15, 0.2) is 6.10 Å². The molecular weight excluding hydrogens is 813 g/mol. The third-order valence-electron chi connectivity index (χ3n) is 12.5. The molecule has 0 aromatic carbocycles. The minimum atomic E-state index is -0.775. The summed E-state index contributed by atoms with van der Waals surface area (Å²) in [5.74, 6) is -0.585. The second kappa shape index (κ2) is 56.7. The number of allylic oxidation sites excluding steroid dienone is 12. The molecule has 66 heavy (non-hydrogen) atoms. The Balaban J connectivity index is 3.44. The predicted octanol–water partition coefficient (Wildman–Crippen LogP) is 19.2. The predicted molar refractivity (Wildman–Crippen MR) is 288 cm³/mol. The SMILES string of the molecule is CC/C=C\C/C=C\C/C=C\C/C=C\CCCCCCCCCCCCCCCCCCCCCCC(=O)OC(CO)COC(=O)CCCCCCCCCCC/C=C\C/C=C\CCCCC. The van der Waals surface area contributed by atoms with E-state index in [1.165, 1.54) is 186 Å². The number of hydrogen-bond acceptors (Lipinski definition) is 5. The maximum absolute atomic E-state index is 12.3. The van der Waals surface area contributed by atoms with E-state index in [4.69, 9.17) is 9.47 Å². The van der Waals surface area contributed by atoms with Gasteiger partial charge in [0, 0.05) is 12.8 Å². The smallest absolute Gasteiger partial charge is 0.306 e. The van der Waals surface area contributed by atoms with E-state index in [1.807, 2.05) is 0 Å².